The number of nitrogens with zero attached hydrogens (tertiary/aromatic N) is 3. The summed E-state index contributed by atoms with van der Waals surface area (Å²) in [7, 11) is 0. The van der Waals surface area contributed by atoms with Crippen molar-refractivity contribution in [3.8, 4) is 11.5 Å². The van der Waals surface area contributed by atoms with Gasteiger partial charge < -0.3 is 24.6 Å². The number of aliphatic hydroxyl groups is 3. The summed E-state index contributed by atoms with van der Waals surface area (Å²) >= 11 is 0. The summed E-state index contributed by atoms with van der Waals surface area (Å²) in [6.45, 7) is 4.98. The molecule has 1 aromatic carbocycles. The Hall–Kier alpha value is -3.15. The number of benzene rings is 1. The highest BCUT2D eigenvalue weighted by Crippen LogP contribution is 2.25. The topological polar surface area (TPSA) is 168 Å². The van der Waals surface area contributed by atoms with Crippen molar-refractivity contribution in [2.75, 3.05) is 6.61 Å². The van der Waals surface area contributed by atoms with Gasteiger partial charge in [0.2, 0.25) is 0 Å². The van der Waals surface area contributed by atoms with Crippen molar-refractivity contribution in [3.63, 3.8) is 0 Å². The molecular formula is C29H42N4O7. The molecule has 4 N–H and O–H groups in total. The Morgan fingerprint density at radius 1 is 0.975 bits per heavy atom. The third kappa shape index (κ3) is 8.18. The lowest BCUT2D eigenvalue weighted by molar-refractivity contribution is -0.162. The first-order chi connectivity index (χ1) is 19.2. The van der Waals surface area contributed by atoms with Crippen LogP contribution in [-0.2, 0) is 16.1 Å². The average molecular weight is 559 g/mol. The number of carbonyl (C=O) groups excluding carboxylic acids is 1. The lowest BCUT2D eigenvalue weighted by Gasteiger charge is -2.28. The highest BCUT2D eigenvalue weighted by molar-refractivity contribution is 5.81. The third-order valence-corrected chi connectivity index (χ3v) is 7.32. The van der Waals surface area contributed by atoms with E-state index in [0.29, 0.717) is 17.5 Å². The second-order valence-electron chi connectivity index (χ2n) is 10.5. The minimum Gasteiger partial charge on any atom is -0.458 e. The number of aryl methyl sites for hydroxylation is 2. The minimum atomic E-state index is -1.64. The van der Waals surface area contributed by atoms with Gasteiger partial charge in [0.05, 0.1) is 24.2 Å². The van der Waals surface area contributed by atoms with Crippen molar-refractivity contribution in [3.05, 3.63) is 44.1 Å². The maximum Gasteiger partial charge on any atom is 0.349 e. The number of aromatic nitrogens is 4. The van der Waals surface area contributed by atoms with Gasteiger partial charge in [0.25, 0.3) is 5.56 Å². The van der Waals surface area contributed by atoms with Crippen LogP contribution >= 0.6 is 0 Å². The highest BCUT2D eigenvalue weighted by Gasteiger charge is 2.32. The molecule has 2 aliphatic heterocycles. The molecule has 0 amide bonds. The summed E-state index contributed by atoms with van der Waals surface area (Å²) in [4.78, 5) is 47.9. The molecule has 2 heterocycles. The zero-order chi connectivity index (χ0) is 29.2. The molecule has 1 aromatic rings. The molecule has 3 unspecified atom stereocenters. The second-order valence-corrected chi connectivity index (χ2v) is 10.5. The van der Waals surface area contributed by atoms with Crippen LogP contribution in [0.5, 0.6) is 0 Å². The number of fused-ring (bicyclic) bond motifs is 2. The molecule has 3 rings (SSSR count). The molecular weight excluding hydrogens is 516 g/mol. The summed E-state index contributed by atoms with van der Waals surface area (Å²) in [6.07, 6.45) is 5.41. The predicted molar refractivity (Wildman–Crippen MR) is 151 cm³/mol. The zero-order valence-corrected chi connectivity index (χ0v) is 23.7. The van der Waals surface area contributed by atoms with Crippen LogP contribution in [0.25, 0.3) is 22.6 Å². The molecule has 0 saturated carbocycles. The van der Waals surface area contributed by atoms with E-state index in [2.05, 4.69) is 21.9 Å². The standard InChI is InChI=1S/C29H42N4O7/c1-4-5-6-7-8-9-10-11-12-13-24(36)40-23(26(37)22(35)17-34)16-33-21-15-19(3)18(2)14-20(21)30-25-27(33)31-29(39)32-28(25)38/h14-15,22-23,26,34-35,37H,4-13,16-17H2,1-3H3,(H,32,38,39). The number of aliphatic hydroxyl groups excluding tert-OH is 3. The summed E-state index contributed by atoms with van der Waals surface area (Å²) in [5, 5.41) is 30.5. The van der Waals surface area contributed by atoms with Gasteiger partial charge in [-0.15, -0.1) is 0 Å². The van der Waals surface area contributed by atoms with Crippen LogP contribution in [0.3, 0.4) is 0 Å². The lowest BCUT2D eigenvalue weighted by Crippen LogP contribution is -2.44. The fraction of sp³-hybridized carbons (Fsp3) is 0.621. The Balaban J connectivity index is 1.82. The number of H-pyrrole nitrogens is 1. The smallest absolute Gasteiger partial charge is 0.349 e. The summed E-state index contributed by atoms with van der Waals surface area (Å²) in [5.41, 5.74) is 1.09. The van der Waals surface area contributed by atoms with E-state index in [1.165, 1.54) is 36.7 Å². The number of carbonyl (C=O) groups is 1. The van der Waals surface area contributed by atoms with Crippen molar-refractivity contribution in [2.45, 2.75) is 110 Å². The van der Waals surface area contributed by atoms with Gasteiger partial charge in [-0.1, -0.05) is 58.3 Å². The normalized spacial score (nSPS) is 13.9. The van der Waals surface area contributed by atoms with Crippen LogP contribution in [0, 0.1) is 13.8 Å². The second kappa shape index (κ2) is 15.0. The van der Waals surface area contributed by atoms with Crippen molar-refractivity contribution in [1.29, 1.82) is 0 Å². The Morgan fingerprint density at radius 3 is 2.25 bits per heavy atom. The Labute approximate surface area is 233 Å². The van der Waals surface area contributed by atoms with Crippen LogP contribution in [0.4, 0.5) is 0 Å². The molecule has 40 heavy (non-hydrogen) atoms. The van der Waals surface area contributed by atoms with Gasteiger partial charge in [0.15, 0.2) is 11.5 Å². The molecule has 0 radical (unpaired) electrons. The fourth-order valence-corrected chi connectivity index (χ4v) is 4.79. The maximum atomic E-state index is 12.8. The first-order valence-electron chi connectivity index (χ1n) is 14.2. The van der Waals surface area contributed by atoms with Crippen molar-refractivity contribution >= 4 is 17.0 Å². The number of ether oxygens (including phenoxy) is 1. The van der Waals surface area contributed by atoms with Crippen molar-refractivity contribution in [2.24, 2.45) is 0 Å². The SMILES string of the molecule is CCCCCCCCCCCC(=O)OC(Cn1c2nc(=O)[nH]c(=O)c-2nc2cc(C)c(C)cc21)C(O)C(O)CO. The number of rotatable bonds is 16. The van der Waals surface area contributed by atoms with Crippen LogP contribution in [-0.4, -0.2) is 65.7 Å². The van der Waals surface area contributed by atoms with E-state index in [1.54, 1.807) is 12.1 Å². The molecule has 2 aliphatic rings. The third-order valence-electron chi connectivity index (χ3n) is 7.32. The number of nitrogens with one attached hydrogen (secondary N) is 1. The minimum absolute atomic E-state index is 0.0461. The Kier molecular flexibility index (Phi) is 11.8. The summed E-state index contributed by atoms with van der Waals surface area (Å²) < 4.78 is 7.12. The fourth-order valence-electron chi connectivity index (χ4n) is 4.79. The maximum absolute atomic E-state index is 12.8. The molecule has 0 spiro atoms. The van der Waals surface area contributed by atoms with Gasteiger partial charge in [-0.25, -0.2) is 9.78 Å². The van der Waals surface area contributed by atoms with Crippen LogP contribution in [0.2, 0.25) is 0 Å². The summed E-state index contributed by atoms with van der Waals surface area (Å²) in [6, 6.07) is 3.59. The van der Waals surface area contributed by atoms with Gasteiger partial charge in [-0.2, -0.15) is 4.98 Å². The van der Waals surface area contributed by atoms with E-state index in [4.69, 9.17) is 4.74 Å². The molecule has 0 aromatic heterocycles. The van der Waals surface area contributed by atoms with E-state index >= 15 is 0 Å². The Morgan fingerprint density at radius 2 is 1.60 bits per heavy atom. The van der Waals surface area contributed by atoms with Gasteiger partial charge in [-0.3, -0.25) is 14.6 Å². The predicted octanol–water partition coefficient (Wildman–Crippen LogP) is 2.75. The van der Waals surface area contributed by atoms with Gasteiger partial charge in [0, 0.05) is 6.42 Å². The molecule has 0 fully saturated rings. The van der Waals surface area contributed by atoms with Gasteiger partial charge in [0.1, 0.15) is 18.3 Å². The number of hydrogen-bond donors (Lipinski definition) is 4. The molecule has 0 saturated heterocycles. The molecule has 0 aliphatic carbocycles. The number of hydrogen-bond acceptors (Lipinski definition) is 9. The molecule has 3 atom stereocenters. The van der Waals surface area contributed by atoms with Gasteiger partial charge >= 0.3 is 11.7 Å². The van der Waals surface area contributed by atoms with E-state index in [0.717, 1.165) is 30.4 Å². The van der Waals surface area contributed by atoms with Gasteiger partial charge in [-0.05, 0) is 43.5 Å². The largest absolute Gasteiger partial charge is 0.458 e. The first kappa shape index (κ1) is 31.4. The van der Waals surface area contributed by atoms with E-state index in [1.807, 2.05) is 13.8 Å². The monoisotopic (exact) mass is 558 g/mol. The lowest BCUT2D eigenvalue weighted by atomic mass is 10.1. The van der Waals surface area contributed by atoms with Crippen LogP contribution in [0.15, 0.2) is 21.7 Å². The van der Waals surface area contributed by atoms with Crippen molar-refractivity contribution < 1.29 is 24.9 Å². The molecule has 220 valence electrons. The number of esters is 1. The average Bonchev–Trinajstić information content (AvgIpc) is 2.92. The van der Waals surface area contributed by atoms with Crippen LogP contribution < -0.4 is 11.2 Å². The van der Waals surface area contributed by atoms with E-state index < -0.39 is 42.1 Å². The Bertz CT molecular complexity index is 1350. The number of aromatic amines is 1. The molecule has 0 bridgehead atoms. The quantitative estimate of drug-likeness (QED) is 0.117. The highest BCUT2D eigenvalue weighted by atomic mass is 16.6. The zero-order valence-electron chi connectivity index (χ0n) is 23.7. The van der Waals surface area contributed by atoms with Crippen molar-refractivity contribution in [1.82, 2.24) is 19.5 Å². The van der Waals surface area contributed by atoms with E-state index in [9.17, 15) is 29.7 Å². The summed E-state index contributed by atoms with van der Waals surface area (Å²) in [5.74, 6) is -0.599. The molecule has 11 nitrogen and oxygen atoms in total. The van der Waals surface area contributed by atoms with Crippen LogP contribution in [0.1, 0.15) is 82.3 Å². The number of unbranched alkanes of at least 4 members (excludes halogenated alkanes) is 8. The molecule has 11 heteroatoms. The first-order valence-corrected chi connectivity index (χ1v) is 14.2. The van der Waals surface area contributed by atoms with E-state index in [-0.39, 0.29) is 24.5 Å².